The van der Waals surface area contributed by atoms with Gasteiger partial charge in [0.05, 0.1) is 4.43 Å². The first-order valence-corrected chi connectivity index (χ1v) is 11.4. The fourth-order valence-electron chi connectivity index (χ4n) is 2.49. The topological polar surface area (TPSA) is 116 Å². The van der Waals surface area contributed by atoms with Crippen molar-refractivity contribution < 1.29 is 19.2 Å². The molecule has 1 rings (SSSR count). The first-order chi connectivity index (χ1) is 14.0. The van der Waals surface area contributed by atoms with E-state index in [0.29, 0.717) is 28.1 Å². The molecular formula is C21H31IN4O4. The Bertz CT molecular complexity index is 750. The molecule has 8 nitrogen and oxygen atoms in total. The van der Waals surface area contributed by atoms with Gasteiger partial charge in [-0.15, -0.1) is 0 Å². The lowest BCUT2D eigenvalue weighted by Gasteiger charge is -2.24. The summed E-state index contributed by atoms with van der Waals surface area (Å²) in [6, 6.07) is 4.91. The molecule has 0 aliphatic heterocycles. The second-order valence-corrected chi connectivity index (χ2v) is 8.59. The van der Waals surface area contributed by atoms with Crippen LogP contribution in [0.2, 0.25) is 0 Å². The van der Waals surface area contributed by atoms with Gasteiger partial charge in [-0.25, -0.2) is 0 Å². The molecule has 0 spiro atoms. The van der Waals surface area contributed by atoms with Gasteiger partial charge in [0.1, 0.15) is 12.1 Å². The van der Waals surface area contributed by atoms with Crippen LogP contribution in [0, 0.1) is 11.8 Å². The highest BCUT2D eigenvalue weighted by Gasteiger charge is 2.27. The Balaban J connectivity index is 2.74. The Hall–Kier alpha value is -2.17. The molecule has 4 N–H and O–H groups in total. The van der Waals surface area contributed by atoms with Crippen LogP contribution in [0.5, 0.6) is 0 Å². The van der Waals surface area contributed by atoms with Crippen LogP contribution in [-0.4, -0.2) is 46.7 Å². The molecule has 0 aromatic heterocycles. The van der Waals surface area contributed by atoms with Crippen molar-refractivity contribution in [1.82, 2.24) is 16.0 Å². The zero-order valence-electron chi connectivity index (χ0n) is 18.0. The summed E-state index contributed by atoms with van der Waals surface area (Å²) >= 11 is 1.96. The number of hydrogen-bond acceptors (Lipinski definition) is 4. The summed E-state index contributed by atoms with van der Waals surface area (Å²) in [5.41, 5.74) is 0.955. The number of anilines is 1. The van der Waals surface area contributed by atoms with Gasteiger partial charge in [-0.1, -0.05) is 50.3 Å². The zero-order chi connectivity index (χ0) is 22.8. The van der Waals surface area contributed by atoms with Crippen LogP contribution in [-0.2, 0) is 14.4 Å². The molecule has 0 fully saturated rings. The van der Waals surface area contributed by atoms with E-state index in [4.69, 9.17) is 0 Å². The quantitative estimate of drug-likeness (QED) is 0.274. The lowest BCUT2D eigenvalue weighted by molar-refractivity contribution is -0.130. The average Bonchev–Trinajstić information content (AvgIpc) is 2.69. The fraction of sp³-hybridized carbons (Fsp3) is 0.524. The van der Waals surface area contributed by atoms with Gasteiger partial charge >= 0.3 is 0 Å². The van der Waals surface area contributed by atoms with Crippen molar-refractivity contribution in [2.75, 3.05) is 16.3 Å². The van der Waals surface area contributed by atoms with E-state index in [1.165, 1.54) is 0 Å². The molecule has 0 aliphatic rings. The first kappa shape index (κ1) is 25.9. The van der Waals surface area contributed by atoms with Gasteiger partial charge in [0.15, 0.2) is 0 Å². The van der Waals surface area contributed by atoms with E-state index in [1.807, 2.05) is 50.3 Å². The van der Waals surface area contributed by atoms with Crippen molar-refractivity contribution in [2.24, 2.45) is 11.8 Å². The minimum absolute atomic E-state index is 0.129. The van der Waals surface area contributed by atoms with E-state index < -0.39 is 23.9 Å². The van der Waals surface area contributed by atoms with E-state index in [9.17, 15) is 19.2 Å². The predicted molar refractivity (Wildman–Crippen MR) is 126 cm³/mol. The van der Waals surface area contributed by atoms with Crippen LogP contribution in [0.1, 0.15) is 45.0 Å². The van der Waals surface area contributed by atoms with Crippen molar-refractivity contribution in [1.29, 1.82) is 0 Å². The Morgan fingerprint density at radius 2 is 1.50 bits per heavy atom. The second kappa shape index (κ2) is 12.5. The minimum atomic E-state index is -0.795. The maximum absolute atomic E-state index is 12.7. The molecule has 2 atom stereocenters. The molecule has 0 heterocycles. The van der Waals surface area contributed by atoms with E-state index >= 15 is 0 Å². The molecule has 0 aliphatic carbocycles. The summed E-state index contributed by atoms with van der Waals surface area (Å²) in [7, 11) is 0. The number of hydrogen-bond donors (Lipinski definition) is 4. The highest BCUT2D eigenvalue weighted by Crippen LogP contribution is 2.11. The predicted octanol–water partition coefficient (Wildman–Crippen LogP) is 2.09. The van der Waals surface area contributed by atoms with E-state index in [1.54, 1.807) is 31.2 Å². The molecule has 1 aromatic rings. The van der Waals surface area contributed by atoms with Gasteiger partial charge in [-0.05, 0) is 43.0 Å². The van der Waals surface area contributed by atoms with Gasteiger partial charge in [0, 0.05) is 17.8 Å². The first-order valence-electron chi connectivity index (χ1n) is 9.90. The lowest BCUT2D eigenvalue weighted by atomic mass is 10.0. The standard InChI is InChI=1S/C21H31IN4O4/c1-12(2)11-23-19(28)14(5)24-21(30)18(13(3)4)26-20(29)15-6-8-16(9-7-15)25-17(27)10-22/h6-9,12-14,18H,10-11H2,1-5H3,(H,23,28)(H,24,30)(H,25,27)(H,26,29)/t14-,18-/m0/s1. The molecule has 0 unspecified atom stereocenters. The molecule has 1 aromatic carbocycles. The minimum Gasteiger partial charge on any atom is -0.354 e. The SMILES string of the molecule is CC(C)CNC(=O)[C@H](C)NC(=O)[C@@H](NC(=O)c1ccc(NC(=O)CI)cc1)C(C)C. The second-order valence-electron chi connectivity index (χ2n) is 7.82. The van der Waals surface area contributed by atoms with Crippen molar-refractivity contribution >= 4 is 51.9 Å². The Labute approximate surface area is 191 Å². The third-order valence-corrected chi connectivity index (χ3v) is 4.92. The number of rotatable bonds is 10. The molecule has 4 amide bonds. The number of alkyl halides is 1. The molecule has 0 radical (unpaired) electrons. The summed E-state index contributed by atoms with van der Waals surface area (Å²) in [5.74, 6) is -1.10. The molecule has 0 saturated heterocycles. The molecular weight excluding hydrogens is 499 g/mol. The van der Waals surface area contributed by atoms with Crippen LogP contribution in [0.4, 0.5) is 5.69 Å². The van der Waals surface area contributed by atoms with Crippen LogP contribution >= 0.6 is 22.6 Å². The summed E-state index contributed by atoms with van der Waals surface area (Å²) in [6.07, 6.45) is 0. The molecule has 0 saturated carbocycles. The van der Waals surface area contributed by atoms with Gasteiger partial charge in [-0.3, -0.25) is 19.2 Å². The van der Waals surface area contributed by atoms with Crippen LogP contribution in [0.15, 0.2) is 24.3 Å². The smallest absolute Gasteiger partial charge is 0.251 e. The van der Waals surface area contributed by atoms with Gasteiger partial charge in [0.25, 0.3) is 5.91 Å². The highest BCUT2D eigenvalue weighted by molar-refractivity contribution is 14.1. The van der Waals surface area contributed by atoms with E-state index in [0.717, 1.165) is 0 Å². The number of benzene rings is 1. The van der Waals surface area contributed by atoms with Crippen LogP contribution in [0.25, 0.3) is 0 Å². The van der Waals surface area contributed by atoms with Gasteiger partial charge in [-0.2, -0.15) is 0 Å². The number of carbonyl (C=O) groups is 4. The maximum atomic E-state index is 12.7. The third kappa shape index (κ3) is 8.68. The summed E-state index contributed by atoms with van der Waals surface area (Å²) < 4.78 is 0.332. The number of amides is 4. The van der Waals surface area contributed by atoms with E-state index in [2.05, 4.69) is 21.3 Å². The number of carbonyl (C=O) groups excluding carboxylic acids is 4. The van der Waals surface area contributed by atoms with Crippen molar-refractivity contribution in [3.63, 3.8) is 0 Å². The van der Waals surface area contributed by atoms with Crippen LogP contribution in [0.3, 0.4) is 0 Å². The molecule has 9 heteroatoms. The molecule has 30 heavy (non-hydrogen) atoms. The number of halogens is 1. The average molecular weight is 530 g/mol. The normalized spacial score (nSPS) is 12.8. The largest absolute Gasteiger partial charge is 0.354 e. The lowest BCUT2D eigenvalue weighted by Crippen LogP contribution is -2.54. The highest BCUT2D eigenvalue weighted by atomic mass is 127. The van der Waals surface area contributed by atoms with Crippen molar-refractivity contribution in [3.8, 4) is 0 Å². The van der Waals surface area contributed by atoms with Crippen molar-refractivity contribution in [2.45, 2.75) is 46.7 Å². The monoisotopic (exact) mass is 530 g/mol. The van der Waals surface area contributed by atoms with E-state index in [-0.39, 0.29) is 17.7 Å². The molecule has 166 valence electrons. The van der Waals surface area contributed by atoms with Crippen LogP contribution < -0.4 is 21.3 Å². The maximum Gasteiger partial charge on any atom is 0.251 e. The summed E-state index contributed by atoms with van der Waals surface area (Å²) in [5, 5.41) is 10.9. The number of nitrogens with one attached hydrogen (secondary N) is 4. The third-order valence-electron chi connectivity index (χ3n) is 4.22. The Morgan fingerprint density at radius 3 is 2.00 bits per heavy atom. The zero-order valence-corrected chi connectivity index (χ0v) is 20.2. The Kier molecular flexibility index (Phi) is 10.8. The van der Waals surface area contributed by atoms with Gasteiger partial charge in [0.2, 0.25) is 17.7 Å². The molecule has 0 bridgehead atoms. The van der Waals surface area contributed by atoms with Crippen molar-refractivity contribution in [3.05, 3.63) is 29.8 Å². The fourth-order valence-corrected chi connectivity index (χ4v) is 2.68. The summed E-state index contributed by atoms with van der Waals surface area (Å²) in [4.78, 5) is 48.8. The summed E-state index contributed by atoms with van der Waals surface area (Å²) in [6.45, 7) is 9.73. The Morgan fingerprint density at radius 1 is 0.900 bits per heavy atom. The van der Waals surface area contributed by atoms with Gasteiger partial charge < -0.3 is 21.3 Å².